The molecule has 0 bridgehead atoms. The van der Waals surface area contributed by atoms with Crippen molar-refractivity contribution in [2.24, 2.45) is 11.8 Å². The van der Waals surface area contributed by atoms with E-state index < -0.39 is 0 Å². The highest BCUT2D eigenvalue weighted by atomic mass is 16.5. The van der Waals surface area contributed by atoms with Gasteiger partial charge in [0.15, 0.2) is 0 Å². The van der Waals surface area contributed by atoms with E-state index in [0.29, 0.717) is 18.1 Å². The van der Waals surface area contributed by atoms with Gasteiger partial charge in [-0.1, -0.05) is 27.2 Å². The Morgan fingerprint density at radius 1 is 1.38 bits per heavy atom. The Morgan fingerprint density at radius 3 is 2.75 bits per heavy atom. The maximum absolute atomic E-state index is 6.11. The van der Waals surface area contributed by atoms with E-state index in [1.165, 1.54) is 32.1 Å². The predicted octanol–water partition coefficient (Wildman–Crippen LogP) is 3.22. The average Bonchev–Trinajstić information content (AvgIpc) is 2.27. The van der Waals surface area contributed by atoms with Crippen LogP contribution in [0.4, 0.5) is 0 Å². The van der Waals surface area contributed by atoms with Gasteiger partial charge in [-0.15, -0.1) is 0 Å². The molecule has 0 saturated heterocycles. The van der Waals surface area contributed by atoms with Crippen LogP contribution in [-0.2, 0) is 4.74 Å². The van der Waals surface area contributed by atoms with Crippen LogP contribution in [0.5, 0.6) is 0 Å². The quantitative estimate of drug-likeness (QED) is 0.752. The fraction of sp³-hybridized carbons (Fsp3) is 1.00. The van der Waals surface area contributed by atoms with E-state index in [2.05, 4.69) is 33.1 Å². The predicted molar refractivity (Wildman–Crippen MR) is 69.7 cm³/mol. The number of likely N-dealkylation sites (N-methyl/N-ethyl adjacent to an activating group) is 1. The second kappa shape index (κ2) is 7.29. The third-order valence-corrected chi connectivity index (χ3v) is 3.80. The highest BCUT2D eigenvalue weighted by molar-refractivity contribution is 4.83. The standard InChI is InChI=1S/C14H29NO/c1-5-6-12(3)10-16-14-9-11(2)7-8-13(14)15-4/h11-15H,5-10H2,1-4H3. The molecule has 0 heterocycles. The summed E-state index contributed by atoms with van der Waals surface area (Å²) in [6.07, 6.45) is 6.83. The summed E-state index contributed by atoms with van der Waals surface area (Å²) in [5.41, 5.74) is 0. The van der Waals surface area contributed by atoms with Crippen LogP contribution in [0.25, 0.3) is 0 Å². The molecule has 0 radical (unpaired) electrons. The molecule has 1 aliphatic carbocycles. The maximum atomic E-state index is 6.11. The molecule has 1 saturated carbocycles. The third-order valence-electron chi connectivity index (χ3n) is 3.80. The molecule has 0 aliphatic heterocycles. The molecular weight excluding hydrogens is 198 g/mol. The molecule has 1 N–H and O–H groups in total. The zero-order chi connectivity index (χ0) is 12.0. The van der Waals surface area contributed by atoms with Crippen molar-refractivity contribution in [1.82, 2.24) is 5.32 Å². The Balaban J connectivity index is 2.31. The minimum Gasteiger partial charge on any atom is -0.376 e. The van der Waals surface area contributed by atoms with Gasteiger partial charge in [0.05, 0.1) is 6.10 Å². The van der Waals surface area contributed by atoms with Gasteiger partial charge in [0, 0.05) is 12.6 Å². The smallest absolute Gasteiger partial charge is 0.0730 e. The molecule has 4 unspecified atom stereocenters. The van der Waals surface area contributed by atoms with Crippen LogP contribution in [0.1, 0.15) is 52.9 Å². The first kappa shape index (κ1) is 14.0. The van der Waals surface area contributed by atoms with Crippen molar-refractivity contribution in [2.45, 2.75) is 65.0 Å². The van der Waals surface area contributed by atoms with Crippen LogP contribution in [0.3, 0.4) is 0 Å². The third kappa shape index (κ3) is 4.42. The van der Waals surface area contributed by atoms with Gasteiger partial charge in [0.2, 0.25) is 0 Å². The zero-order valence-electron chi connectivity index (χ0n) is 11.5. The van der Waals surface area contributed by atoms with E-state index >= 15 is 0 Å². The van der Waals surface area contributed by atoms with Crippen LogP contribution in [-0.4, -0.2) is 25.8 Å². The van der Waals surface area contributed by atoms with Crippen LogP contribution in [0.2, 0.25) is 0 Å². The van der Waals surface area contributed by atoms with Crippen molar-refractivity contribution in [2.75, 3.05) is 13.7 Å². The van der Waals surface area contributed by atoms with Crippen molar-refractivity contribution in [3.05, 3.63) is 0 Å². The molecule has 0 spiro atoms. The van der Waals surface area contributed by atoms with Gasteiger partial charge in [-0.3, -0.25) is 0 Å². The zero-order valence-corrected chi connectivity index (χ0v) is 11.5. The summed E-state index contributed by atoms with van der Waals surface area (Å²) in [4.78, 5) is 0. The monoisotopic (exact) mass is 227 g/mol. The maximum Gasteiger partial charge on any atom is 0.0730 e. The van der Waals surface area contributed by atoms with Gasteiger partial charge < -0.3 is 10.1 Å². The van der Waals surface area contributed by atoms with Crippen LogP contribution in [0.15, 0.2) is 0 Å². The molecule has 2 heteroatoms. The molecule has 0 aromatic rings. The molecule has 0 aromatic heterocycles. The first-order valence-electron chi connectivity index (χ1n) is 6.96. The fourth-order valence-corrected chi connectivity index (χ4v) is 2.71. The van der Waals surface area contributed by atoms with Crippen LogP contribution < -0.4 is 5.32 Å². The summed E-state index contributed by atoms with van der Waals surface area (Å²) in [5, 5.41) is 3.41. The van der Waals surface area contributed by atoms with Crippen molar-refractivity contribution in [1.29, 1.82) is 0 Å². The van der Waals surface area contributed by atoms with Gasteiger partial charge >= 0.3 is 0 Å². The van der Waals surface area contributed by atoms with Gasteiger partial charge in [0.1, 0.15) is 0 Å². The SMILES string of the molecule is CCCC(C)COC1CC(C)CCC1NC. The average molecular weight is 227 g/mol. The molecule has 16 heavy (non-hydrogen) atoms. The number of rotatable bonds is 6. The number of hydrogen-bond donors (Lipinski definition) is 1. The van der Waals surface area contributed by atoms with Gasteiger partial charge in [-0.25, -0.2) is 0 Å². The second-order valence-electron chi connectivity index (χ2n) is 5.58. The number of ether oxygens (including phenoxy) is 1. The summed E-state index contributed by atoms with van der Waals surface area (Å²) in [6, 6.07) is 0.574. The molecule has 0 amide bonds. The first-order chi connectivity index (χ1) is 7.67. The van der Waals surface area contributed by atoms with Gasteiger partial charge in [0.25, 0.3) is 0 Å². The molecule has 1 fully saturated rings. The van der Waals surface area contributed by atoms with E-state index in [-0.39, 0.29) is 0 Å². The van der Waals surface area contributed by atoms with Crippen molar-refractivity contribution in [3.8, 4) is 0 Å². The Kier molecular flexibility index (Phi) is 6.37. The largest absolute Gasteiger partial charge is 0.376 e. The van der Waals surface area contributed by atoms with E-state index in [1.807, 2.05) is 0 Å². The lowest BCUT2D eigenvalue weighted by atomic mass is 9.85. The summed E-state index contributed by atoms with van der Waals surface area (Å²) < 4.78 is 6.11. The molecule has 1 rings (SSSR count). The summed E-state index contributed by atoms with van der Waals surface area (Å²) in [6.45, 7) is 7.82. The van der Waals surface area contributed by atoms with Crippen molar-refractivity contribution in [3.63, 3.8) is 0 Å². The van der Waals surface area contributed by atoms with E-state index in [0.717, 1.165) is 12.5 Å². The lowest BCUT2D eigenvalue weighted by Gasteiger charge is -2.35. The van der Waals surface area contributed by atoms with Crippen LogP contribution >= 0.6 is 0 Å². The molecule has 1 aliphatic rings. The van der Waals surface area contributed by atoms with Gasteiger partial charge in [-0.05, 0) is 44.6 Å². The minimum absolute atomic E-state index is 0.438. The van der Waals surface area contributed by atoms with Crippen LogP contribution in [0, 0.1) is 11.8 Å². The lowest BCUT2D eigenvalue weighted by Crippen LogP contribution is -2.44. The highest BCUT2D eigenvalue weighted by Gasteiger charge is 2.28. The number of nitrogens with one attached hydrogen (secondary N) is 1. The van der Waals surface area contributed by atoms with Crippen molar-refractivity contribution < 1.29 is 4.74 Å². The Hall–Kier alpha value is -0.0800. The normalized spacial score (nSPS) is 32.6. The molecule has 2 nitrogen and oxygen atoms in total. The van der Waals surface area contributed by atoms with E-state index in [9.17, 15) is 0 Å². The molecular formula is C14H29NO. The van der Waals surface area contributed by atoms with E-state index in [4.69, 9.17) is 4.74 Å². The second-order valence-corrected chi connectivity index (χ2v) is 5.58. The minimum atomic E-state index is 0.438. The van der Waals surface area contributed by atoms with Gasteiger partial charge in [-0.2, -0.15) is 0 Å². The topological polar surface area (TPSA) is 21.3 Å². The first-order valence-corrected chi connectivity index (χ1v) is 6.96. The number of hydrogen-bond acceptors (Lipinski definition) is 2. The highest BCUT2D eigenvalue weighted by Crippen LogP contribution is 2.26. The molecule has 96 valence electrons. The molecule has 0 aromatic carbocycles. The summed E-state index contributed by atoms with van der Waals surface area (Å²) in [5.74, 6) is 1.54. The lowest BCUT2D eigenvalue weighted by molar-refractivity contribution is -0.0206. The van der Waals surface area contributed by atoms with E-state index in [1.54, 1.807) is 0 Å². The summed E-state index contributed by atoms with van der Waals surface area (Å²) >= 11 is 0. The summed E-state index contributed by atoms with van der Waals surface area (Å²) in [7, 11) is 2.06. The molecule has 4 atom stereocenters. The van der Waals surface area contributed by atoms with Crippen molar-refractivity contribution >= 4 is 0 Å². The Morgan fingerprint density at radius 2 is 2.12 bits per heavy atom. The Labute approximate surface area is 101 Å². The Bertz CT molecular complexity index is 184. The fourth-order valence-electron chi connectivity index (χ4n) is 2.71.